The summed E-state index contributed by atoms with van der Waals surface area (Å²) >= 11 is 6.38. The van der Waals surface area contributed by atoms with Gasteiger partial charge in [-0.3, -0.25) is 9.59 Å². The van der Waals surface area contributed by atoms with Crippen LogP contribution < -0.4 is 19.5 Å². The Morgan fingerprint density at radius 1 is 1.12 bits per heavy atom. The molecule has 1 aliphatic rings. The zero-order chi connectivity index (χ0) is 24.2. The zero-order valence-corrected chi connectivity index (χ0v) is 19.9. The molecule has 1 N–H and O–H groups in total. The summed E-state index contributed by atoms with van der Waals surface area (Å²) in [5, 5.41) is 3.26. The standard InChI is InChI=1S/C26H25ClN2O5/c1-16-7-10-18(11-8-16)28-26(31)24-20-5-4-6-21(27)25(20)34-15-23(30)29(24)14-17-9-12-19(32-2)13-22(17)33-3/h4-13,24H,14-15H2,1-3H3,(H,28,31). The van der Waals surface area contributed by atoms with Gasteiger partial charge in [-0.2, -0.15) is 0 Å². The van der Waals surface area contributed by atoms with Gasteiger partial charge in [-0.05, 0) is 37.3 Å². The molecular formula is C26H25ClN2O5. The fourth-order valence-electron chi connectivity index (χ4n) is 3.90. The Labute approximate surface area is 203 Å². The molecule has 1 unspecified atom stereocenters. The van der Waals surface area contributed by atoms with E-state index in [4.69, 9.17) is 25.8 Å². The Kier molecular flexibility index (Phi) is 6.93. The van der Waals surface area contributed by atoms with Crippen molar-refractivity contribution in [2.24, 2.45) is 0 Å². The van der Waals surface area contributed by atoms with Gasteiger partial charge in [0.25, 0.3) is 11.8 Å². The number of methoxy groups -OCH3 is 2. The van der Waals surface area contributed by atoms with E-state index in [-0.39, 0.29) is 25.0 Å². The maximum atomic E-state index is 13.6. The van der Waals surface area contributed by atoms with E-state index in [1.807, 2.05) is 37.3 Å². The van der Waals surface area contributed by atoms with Crippen LogP contribution in [-0.2, 0) is 16.1 Å². The summed E-state index contributed by atoms with van der Waals surface area (Å²) < 4.78 is 16.5. The Morgan fingerprint density at radius 3 is 2.59 bits per heavy atom. The van der Waals surface area contributed by atoms with Crippen molar-refractivity contribution < 1.29 is 23.8 Å². The summed E-state index contributed by atoms with van der Waals surface area (Å²) in [6.07, 6.45) is 0. The third-order valence-corrected chi connectivity index (χ3v) is 5.96. The van der Waals surface area contributed by atoms with E-state index in [1.165, 1.54) is 4.90 Å². The van der Waals surface area contributed by atoms with Crippen LogP contribution in [0.4, 0.5) is 5.69 Å². The quantitative estimate of drug-likeness (QED) is 0.550. The summed E-state index contributed by atoms with van der Waals surface area (Å²) in [4.78, 5) is 28.4. The van der Waals surface area contributed by atoms with Crippen LogP contribution >= 0.6 is 11.6 Å². The summed E-state index contributed by atoms with van der Waals surface area (Å²) in [6.45, 7) is 1.84. The molecule has 3 aromatic rings. The highest BCUT2D eigenvalue weighted by molar-refractivity contribution is 6.32. The second-order valence-electron chi connectivity index (χ2n) is 7.90. The molecule has 7 nitrogen and oxygen atoms in total. The topological polar surface area (TPSA) is 77.1 Å². The lowest BCUT2D eigenvalue weighted by Gasteiger charge is -2.30. The number of rotatable bonds is 6. The van der Waals surface area contributed by atoms with Crippen molar-refractivity contribution in [2.45, 2.75) is 19.5 Å². The number of anilines is 1. The number of benzene rings is 3. The molecule has 1 atom stereocenters. The number of nitrogens with one attached hydrogen (secondary N) is 1. The SMILES string of the molecule is COc1ccc(CN2C(=O)COc3c(Cl)cccc3C2C(=O)Nc2ccc(C)cc2)c(OC)c1. The number of para-hydroxylation sites is 1. The number of hydrogen-bond acceptors (Lipinski definition) is 5. The van der Waals surface area contributed by atoms with E-state index in [9.17, 15) is 9.59 Å². The minimum absolute atomic E-state index is 0.118. The minimum atomic E-state index is -0.975. The molecule has 1 heterocycles. The fraction of sp³-hybridized carbons (Fsp3) is 0.231. The molecule has 0 spiro atoms. The molecule has 0 bridgehead atoms. The van der Waals surface area contributed by atoms with E-state index in [2.05, 4.69) is 5.32 Å². The molecule has 4 rings (SSSR count). The van der Waals surface area contributed by atoms with Gasteiger partial charge in [0.15, 0.2) is 6.61 Å². The second-order valence-corrected chi connectivity index (χ2v) is 8.31. The molecule has 34 heavy (non-hydrogen) atoms. The van der Waals surface area contributed by atoms with Crippen LogP contribution in [0.5, 0.6) is 17.2 Å². The van der Waals surface area contributed by atoms with Crippen molar-refractivity contribution >= 4 is 29.1 Å². The molecule has 8 heteroatoms. The van der Waals surface area contributed by atoms with Gasteiger partial charge in [0.2, 0.25) is 0 Å². The highest BCUT2D eigenvalue weighted by atomic mass is 35.5. The lowest BCUT2D eigenvalue weighted by atomic mass is 10.0. The molecule has 3 aromatic carbocycles. The average Bonchev–Trinajstić information content (AvgIpc) is 2.98. The number of fused-ring (bicyclic) bond motifs is 1. The van der Waals surface area contributed by atoms with E-state index in [1.54, 1.807) is 44.6 Å². The Morgan fingerprint density at radius 2 is 1.88 bits per heavy atom. The maximum Gasteiger partial charge on any atom is 0.261 e. The highest BCUT2D eigenvalue weighted by Crippen LogP contribution is 2.39. The van der Waals surface area contributed by atoms with Gasteiger partial charge >= 0.3 is 0 Å². The molecule has 0 aromatic heterocycles. The number of aryl methyl sites for hydroxylation is 1. The number of hydrogen-bond donors (Lipinski definition) is 1. The predicted molar refractivity (Wildman–Crippen MR) is 130 cm³/mol. The number of halogens is 1. The first kappa shape index (κ1) is 23.4. The molecule has 2 amide bonds. The summed E-state index contributed by atoms with van der Waals surface area (Å²) in [5.74, 6) is 0.761. The summed E-state index contributed by atoms with van der Waals surface area (Å²) in [5.41, 5.74) is 2.92. The van der Waals surface area contributed by atoms with Gasteiger partial charge < -0.3 is 24.4 Å². The molecule has 0 saturated carbocycles. The monoisotopic (exact) mass is 480 g/mol. The van der Waals surface area contributed by atoms with E-state index < -0.39 is 6.04 Å². The molecule has 0 fully saturated rings. The number of carbonyl (C=O) groups is 2. The minimum Gasteiger partial charge on any atom is -0.497 e. The Hall–Kier alpha value is -3.71. The van der Waals surface area contributed by atoms with Crippen LogP contribution in [0.25, 0.3) is 0 Å². The Bertz CT molecular complexity index is 1210. The molecule has 0 aliphatic carbocycles. The zero-order valence-electron chi connectivity index (χ0n) is 19.1. The van der Waals surface area contributed by atoms with Crippen LogP contribution in [0.15, 0.2) is 60.7 Å². The van der Waals surface area contributed by atoms with Crippen molar-refractivity contribution in [1.82, 2.24) is 4.90 Å². The van der Waals surface area contributed by atoms with Crippen molar-refractivity contribution in [3.8, 4) is 17.2 Å². The normalized spacial score (nSPS) is 15.1. The van der Waals surface area contributed by atoms with Gasteiger partial charge in [0.1, 0.15) is 23.3 Å². The molecule has 1 aliphatic heterocycles. The van der Waals surface area contributed by atoms with Crippen LogP contribution in [0.1, 0.15) is 22.7 Å². The number of nitrogens with zero attached hydrogens (tertiary/aromatic N) is 1. The largest absolute Gasteiger partial charge is 0.497 e. The lowest BCUT2D eigenvalue weighted by Crippen LogP contribution is -2.41. The maximum absolute atomic E-state index is 13.6. The lowest BCUT2D eigenvalue weighted by molar-refractivity contribution is -0.140. The second kappa shape index (κ2) is 10.1. The Balaban J connectivity index is 1.76. The fourth-order valence-corrected chi connectivity index (χ4v) is 4.13. The summed E-state index contributed by atoms with van der Waals surface area (Å²) in [7, 11) is 3.11. The van der Waals surface area contributed by atoms with E-state index >= 15 is 0 Å². The molecule has 0 radical (unpaired) electrons. The van der Waals surface area contributed by atoms with Gasteiger partial charge in [-0.1, -0.05) is 41.4 Å². The third-order valence-electron chi connectivity index (χ3n) is 5.67. The number of carbonyl (C=O) groups excluding carboxylic acids is 2. The van der Waals surface area contributed by atoms with Crippen molar-refractivity contribution in [3.63, 3.8) is 0 Å². The number of ether oxygens (including phenoxy) is 3. The predicted octanol–water partition coefficient (Wildman–Crippen LogP) is 4.77. The van der Waals surface area contributed by atoms with Gasteiger partial charge in [0, 0.05) is 22.9 Å². The average molecular weight is 481 g/mol. The van der Waals surface area contributed by atoms with Crippen molar-refractivity contribution in [3.05, 3.63) is 82.4 Å². The first-order chi connectivity index (χ1) is 16.4. The van der Waals surface area contributed by atoms with Crippen LogP contribution in [0, 0.1) is 6.92 Å². The van der Waals surface area contributed by atoms with Crippen LogP contribution in [0.2, 0.25) is 5.02 Å². The third kappa shape index (κ3) is 4.79. The van der Waals surface area contributed by atoms with Gasteiger partial charge in [-0.25, -0.2) is 0 Å². The number of amides is 2. The molecule has 176 valence electrons. The van der Waals surface area contributed by atoms with Gasteiger partial charge in [0.05, 0.1) is 25.8 Å². The molecular weight excluding hydrogens is 456 g/mol. The first-order valence-electron chi connectivity index (χ1n) is 10.7. The van der Waals surface area contributed by atoms with Crippen molar-refractivity contribution in [2.75, 3.05) is 26.1 Å². The highest BCUT2D eigenvalue weighted by Gasteiger charge is 2.37. The molecule has 0 saturated heterocycles. The van der Waals surface area contributed by atoms with Gasteiger partial charge in [-0.15, -0.1) is 0 Å². The van der Waals surface area contributed by atoms with Crippen molar-refractivity contribution in [1.29, 1.82) is 0 Å². The van der Waals surface area contributed by atoms with Crippen LogP contribution in [0.3, 0.4) is 0 Å². The first-order valence-corrected chi connectivity index (χ1v) is 11.1. The smallest absolute Gasteiger partial charge is 0.261 e. The summed E-state index contributed by atoms with van der Waals surface area (Å²) in [6, 6.07) is 16.9. The van der Waals surface area contributed by atoms with Crippen LogP contribution in [-0.4, -0.2) is 37.5 Å². The van der Waals surface area contributed by atoms with E-state index in [0.717, 1.165) is 11.1 Å². The van der Waals surface area contributed by atoms with E-state index in [0.29, 0.717) is 33.5 Å².